The van der Waals surface area contributed by atoms with E-state index in [0.29, 0.717) is 31.9 Å². The molecule has 1 aliphatic carbocycles. The minimum atomic E-state index is -0.982. The Balaban J connectivity index is 1.37. The zero-order chi connectivity index (χ0) is 25.4. The number of halogens is 1. The van der Waals surface area contributed by atoms with Gasteiger partial charge in [-0.25, -0.2) is 4.98 Å². The molecule has 1 aliphatic rings. The molecule has 3 aromatic heterocycles. The van der Waals surface area contributed by atoms with Gasteiger partial charge in [-0.05, 0) is 43.5 Å². The predicted octanol–water partition coefficient (Wildman–Crippen LogP) is 5.14. The van der Waals surface area contributed by atoms with Gasteiger partial charge in [0.05, 0.1) is 24.5 Å². The van der Waals surface area contributed by atoms with Crippen LogP contribution in [-0.2, 0) is 12.0 Å². The van der Waals surface area contributed by atoms with E-state index in [-0.39, 0.29) is 16.3 Å². The number of thioether (sulfide) groups is 1. The van der Waals surface area contributed by atoms with Crippen LogP contribution in [0.25, 0.3) is 11.1 Å². The molecule has 3 heterocycles. The van der Waals surface area contributed by atoms with Crippen molar-refractivity contribution in [2.45, 2.75) is 35.5 Å². The highest BCUT2D eigenvalue weighted by molar-refractivity contribution is 8.01. The monoisotopic (exact) mass is 539 g/mol. The quantitative estimate of drug-likeness (QED) is 0.256. The van der Waals surface area contributed by atoms with E-state index >= 15 is 0 Å². The van der Waals surface area contributed by atoms with E-state index in [0.717, 1.165) is 23.2 Å². The molecule has 0 saturated heterocycles. The number of aliphatic hydroxyl groups is 1. The summed E-state index contributed by atoms with van der Waals surface area (Å²) in [5.41, 5.74) is 3.39. The molecule has 1 amide bonds. The van der Waals surface area contributed by atoms with Crippen molar-refractivity contribution >= 4 is 45.7 Å². The third-order valence-corrected chi connectivity index (χ3v) is 8.67. The normalized spacial score (nSPS) is 18.6. The highest BCUT2D eigenvalue weighted by atomic mass is 35.5. The maximum atomic E-state index is 13.3. The Hall–Kier alpha value is -3.05. The van der Waals surface area contributed by atoms with Crippen molar-refractivity contribution in [3.63, 3.8) is 0 Å². The summed E-state index contributed by atoms with van der Waals surface area (Å²) in [5, 5.41) is 22.9. The topological polar surface area (TPSA) is 110 Å². The summed E-state index contributed by atoms with van der Waals surface area (Å²) >= 11 is 8.85. The molecule has 2 atom stereocenters. The van der Waals surface area contributed by atoms with Gasteiger partial charge in [0, 0.05) is 28.3 Å². The number of methoxy groups -OCH3 is 1. The Morgan fingerprint density at radius 2 is 2.03 bits per heavy atom. The number of carbonyl (C=O) groups is 1. The summed E-state index contributed by atoms with van der Waals surface area (Å²) in [6, 6.07) is 11.3. The molecule has 8 nitrogen and oxygen atoms in total. The molecular weight excluding hydrogens is 518 g/mol. The lowest BCUT2D eigenvalue weighted by atomic mass is 9.98. The van der Waals surface area contributed by atoms with Gasteiger partial charge in [0.2, 0.25) is 5.13 Å². The van der Waals surface area contributed by atoms with E-state index in [9.17, 15) is 9.90 Å². The Bertz CT molecular complexity index is 1460. The van der Waals surface area contributed by atoms with E-state index in [1.165, 1.54) is 42.6 Å². The maximum absolute atomic E-state index is 13.3. The van der Waals surface area contributed by atoms with Crippen LogP contribution in [0.4, 0.5) is 5.13 Å². The zero-order valence-corrected chi connectivity index (χ0v) is 22.0. The van der Waals surface area contributed by atoms with Crippen molar-refractivity contribution in [3.8, 4) is 16.9 Å². The zero-order valence-electron chi connectivity index (χ0n) is 19.7. The fourth-order valence-electron chi connectivity index (χ4n) is 4.27. The SMILES string of the molecule is COc1cnc(Cl)cc1-c1cc(C)ncc1C(=O)Nc1nnc(SC2Cc3ccccc3C2(C)O)s1. The number of amides is 1. The van der Waals surface area contributed by atoms with Crippen molar-refractivity contribution < 1.29 is 14.6 Å². The number of benzene rings is 1. The second-order valence-corrected chi connectivity index (χ2v) is 11.3. The third-order valence-electron chi connectivity index (χ3n) is 6.09. The number of hydrogen-bond donors (Lipinski definition) is 2. The number of rotatable bonds is 6. The number of hydrogen-bond acceptors (Lipinski definition) is 9. The van der Waals surface area contributed by atoms with Gasteiger partial charge in [-0.15, -0.1) is 10.2 Å². The average Bonchev–Trinajstić information content (AvgIpc) is 3.40. The number of aryl methyl sites for hydroxylation is 1. The number of nitrogens with one attached hydrogen (secondary N) is 1. The molecule has 36 heavy (non-hydrogen) atoms. The molecule has 11 heteroatoms. The number of nitrogens with zero attached hydrogens (tertiary/aromatic N) is 4. The second-order valence-electron chi connectivity index (χ2n) is 8.52. The van der Waals surface area contributed by atoms with Gasteiger partial charge < -0.3 is 9.84 Å². The van der Waals surface area contributed by atoms with Gasteiger partial charge in [0.1, 0.15) is 10.9 Å². The van der Waals surface area contributed by atoms with E-state index in [1.54, 1.807) is 12.1 Å². The third kappa shape index (κ3) is 4.69. The number of aromatic nitrogens is 4. The Labute approximate surface area is 221 Å². The van der Waals surface area contributed by atoms with Crippen LogP contribution < -0.4 is 10.1 Å². The largest absolute Gasteiger partial charge is 0.494 e. The first kappa shape index (κ1) is 24.6. The molecule has 0 spiro atoms. The summed E-state index contributed by atoms with van der Waals surface area (Å²) in [4.78, 5) is 21.6. The average molecular weight is 540 g/mol. The molecule has 184 valence electrons. The van der Waals surface area contributed by atoms with Crippen molar-refractivity contribution in [2.24, 2.45) is 0 Å². The molecule has 0 aliphatic heterocycles. The lowest BCUT2D eigenvalue weighted by Gasteiger charge is -2.25. The second kappa shape index (κ2) is 9.78. The minimum absolute atomic E-state index is 0.108. The van der Waals surface area contributed by atoms with Crippen LogP contribution in [0.5, 0.6) is 5.75 Å². The first-order valence-corrected chi connectivity index (χ1v) is 13.1. The van der Waals surface area contributed by atoms with Gasteiger partial charge in [0.15, 0.2) is 4.34 Å². The smallest absolute Gasteiger partial charge is 0.259 e. The number of ether oxygens (including phenoxy) is 1. The molecule has 5 rings (SSSR count). The van der Waals surface area contributed by atoms with Crippen LogP contribution in [0.3, 0.4) is 0 Å². The van der Waals surface area contributed by atoms with Crippen LogP contribution >= 0.6 is 34.7 Å². The number of carbonyl (C=O) groups excluding carboxylic acids is 1. The fraction of sp³-hybridized carbons (Fsp3) is 0.240. The molecule has 4 aromatic rings. The van der Waals surface area contributed by atoms with Crippen LogP contribution in [-0.4, -0.2) is 43.5 Å². The molecule has 0 saturated carbocycles. The van der Waals surface area contributed by atoms with Crippen LogP contribution in [0.1, 0.15) is 34.1 Å². The summed E-state index contributed by atoms with van der Waals surface area (Å²) < 4.78 is 6.10. The van der Waals surface area contributed by atoms with E-state index < -0.39 is 5.60 Å². The van der Waals surface area contributed by atoms with E-state index in [4.69, 9.17) is 16.3 Å². The van der Waals surface area contributed by atoms with Gasteiger partial charge in [-0.3, -0.25) is 15.1 Å². The molecule has 2 unspecified atom stereocenters. The molecule has 0 bridgehead atoms. The first-order valence-electron chi connectivity index (χ1n) is 11.0. The predicted molar refractivity (Wildman–Crippen MR) is 141 cm³/mol. The van der Waals surface area contributed by atoms with Crippen LogP contribution in [0.2, 0.25) is 5.15 Å². The van der Waals surface area contributed by atoms with E-state index in [1.807, 2.05) is 38.1 Å². The van der Waals surface area contributed by atoms with E-state index in [2.05, 4.69) is 25.5 Å². The highest BCUT2D eigenvalue weighted by Gasteiger charge is 2.42. The number of pyridine rings is 2. The summed E-state index contributed by atoms with van der Waals surface area (Å²) in [6.45, 7) is 3.66. The molecule has 0 radical (unpaired) electrons. The lowest BCUT2D eigenvalue weighted by Crippen LogP contribution is -2.29. The maximum Gasteiger partial charge on any atom is 0.259 e. The van der Waals surface area contributed by atoms with Gasteiger partial charge in [0.25, 0.3) is 5.91 Å². The molecule has 0 fully saturated rings. The molecular formula is C25H22ClN5O3S2. The summed E-state index contributed by atoms with van der Waals surface area (Å²) in [7, 11) is 1.53. The van der Waals surface area contributed by atoms with Crippen molar-refractivity contribution in [2.75, 3.05) is 12.4 Å². The molecule has 1 aromatic carbocycles. The Morgan fingerprint density at radius 3 is 2.81 bits per heavy atom. The fourth-order valence-corrected chi connectivity index (χ4v) is 6.63. The first-order chi connectivity index (χ1) is 17.3. The minimum Gasteiger partial charge on any atom is -0.494 e. The van der Waals surface area contributed by atoms with Gasteiger partial charge in [-0.2, -0.15) is 0 Å². The Kier molecular flexibility index (Phi) is 6.69. The van der Waals surface area contributed by atoms with Crippen LogP contribution in [0.15, 0.2) is 53.1 Å². The number of fused-ring (bicyclic) bond motifs is 1. The van der Waals surface area contributed by atoms with Crippen molar-refractivity contribution in [1.82, 2.24) is 20.2 Å². The van der Waals surface area contributed by atoms with Crippen molar-refractivity contribution in [1.29, 1.82) is 0 Å². The lowest BCUT2D eigenvalue weighted by molar-refractivity contribution is 0.0655. The number of anilines is 1. The summed E-state index contributed by atoms with van der Waals surface area (Å²) in [6.07, 6.45) is 3.75. The van der Waals surface area contributed by atoms with Gasteiger partial charge >= 0.3 is 0 Å². The summed E-state index contributed by atoms with van der Waals surface area (Å²) in [5.74, 6) is 0.0960. The van der Waals surface area contributed by atoms with Crippen molar-refractivity contribution in [3.05, 3.63) is 76.3 Å². The Morgan fingerprint density at radius 1 is 1.22 bits per heavy atom. The molecule has 2 N–H and O–H groups in total. The standard InChI is InChI=1S/C25H22ClN5O3S2/c1-13-8-15(16-10-21(26)28-12-19(16)34-3)17(11-27-13)22(32)29-23-30-31-24(36-23)35-20-9-14-6-4-5-7-18(14)25(20,2)33/h4-8,10-12,20,33H,9H2,1-3H3,(H,29,30,32). The van der Waals surface area contributed by atoms with Gasteiger partial charge in [-0.1, -0.05) is 59.0 Å². The highest BCUT2D eigenvalue weighted by Crippen LogP contribution is 2.46. The van der Waals surface area contributed by atoms with Crippen LogP contribution in [0, 0.1) is 6.92 Å².